The molecule has 1 aromatic rings. The van der Waals surface area contributed by atoms with Crippen molar-refractivity contribution in [3.05, 3.63) is 23.7 Å². The van der Waals surface area contributed by atoms with Gasteiger partial charge in [-0.2, -0.15) is 0 Å². The molecule has 3 nitrogen and oxygen atoms in total. The van der Waals surface area contributed by atoms with Gasteiger partial charge in [0.2, 0.25) is 0 Å². The van der Waals surface area contributed by atoms with Crippen LogP contribution >= 0.6 is 11.6 Å². The fraction of sp³-hybridized carbons (Fsp3) is 0.545. The molecule has 0 spiro atoms. The summed E-state index contributed by atoms with van der Waals surface area (Å²) in [6.07, 6.45) is 2.19. The van der Waals surface area contributed by atoms with Gasteiger partial charge in [-0.25, -0.2) is 0 Å². The third kappa shape index (κ3) is 3.59. The summed E-state index contributed by atoms with van der Waals surface area (Å²) in [5, 5.41) is 2.90. The van der Waals surface area contributed by atoms with E-state index in [0.717, 1.165) is 12.2 Å². The molecule has 0 fully saturated rings. The Morgan fingerprint density at radius 3 is 2.73 bits per heavy atom. The van der Waals surface area contributed by atoms with Gasteiger partial charge in [-0.1, -0.05) is 0 Å². The van der Waals surface area contributed by atoms with Crippen LogP contribution in [0.4, 0.5) is 0 Å². The van der Waals surface area contributed by atoms with Crippen LogP contribution in [0.15, 0.2) is 16.7 Å². The molecule has 84 valence electrons. The number of nitrogens with one attached hydrogen (secondary N) is 1. The smallest absolute Gasteiger partial charge is 0.254 e. The Bertz CT molecular complexity index is 344. The van der Waals surface area contributed by atoms with Crippen LogP contribution in [0.25, 0.3) is 0 Å². The number of alkyl halides is 1. The number of furan rings is 1. The number of hydrogen-bond acceptors (Lipinski definition) is 2. The van der Waals surface area contributed by atoms with Gasteiger partial charge in [0.1, 0.15) is 12.0 Å². The lowest BCUT2D eigenvalue weighted by Gasteiger charge is -2.24. The highest BCUT2D eigenvalue weighted by Crippen LogP contribution is 2.12. The van der Waals surface area contributed by atoms with Crippen LogP contribution in [-0.2, 0) is 0 Å². The van der Waals surface area contributed by atoms with Crippen molar-refractivity contribution in [3.63, 3.8) is 0 Å². The quantitative estimate of drug-likeness (QED) is 0.807. The molecule has 0 aromatic carbocycles. The minimum atomic E-state index is -0.288. The number of carbonyl (C=O) groups excluding carboxylic acids is 1. The van der Waals surface area contributed by atoms with Crippen LogP contribution in [0, 0.1) is 6.92 Å². The number of amides is 1. The first-order valence-corrected chi connectivity index (χ1v) is 5.42. The molecule has 1 N–H and O–H groups in total. The molecule has 0 saturated heterocycles. The molecule has 0 bridgehead atoms. The SMILES string of the molecule is Cc1cc(C(=O)NC(C)(C)CCCl)co1. The molecule has 1 amide bonds. The zero-order chi connectivity index (χ0) is 11.5. The average molecular weight is 230 g/mol. The third-order valence-electron chi connectivity index (χ3n) is 2.16. The Kier molecular flexibility index (Phi) is 3.80. The minimum absolute atomic E-state index is 0.123. The summed E-state index contributed by atoms with van der Waals surface area (Å²) < 4.78 is 5.07. The van der Waals surface area contributed by atoms with E-state index in [-0.39, 0.29) is 11.4 Å². The van der Waals surface area contributed by atoms with Crippen molar-refractivity contribution in [2.24, 2.45) is 0 Å². The highest BCUT2D eigenvalue weighted by Gasteiger charge is 2.21. The van der Waals surface area contributed by atoms with Gasteiger partial charge in [0, 0.05) is 11.4 Å². The molecule has 15 heavy (non-hydrogen) atoms. The second kappa shape index (κ2) is 4.71. The molecule has 4 heteroatoms. The van der Waals surface area contributed by atoms with Crippen molar-refractivity contribution in [2.75, 3.05) is 5.88 Å². The van der Waals surface area contributed by atoms with E-state index in [1.807, 2.05) is 13.8 Å². The maximum absolute atomic E-state index is 11.7. The second-order valence-corrected chi connectivity index (χ2v) is 4.60. The molecular weight excluding hydrogens is 214 g/mol. The summed E-state index contributed by atoms with van der Waals surface area (Å²) in [6.45, 7) is 5.70. The lowest BCUT2D eigenvalue weighted by molar-refractivity contribution is 0.0911. The van der Waals surface area contributed by atoms with E-state index in [1.54, 1.807) is 13.0 Å². The molecule has 0 unspecified atom stereocenters. The third-order valence-corrected chi connectivity index (χ3v) is 2.35. The highest BCUT2D eigenvalue weighted by molar-refractivity contribution is 6.17. The molecule has 0 atom stereocenters. The fourth-order valence-corrected chi connectivity index (χ4v) is 1.71. The molecule has 1 rings (SSSR count). The average Bonchev–Trinajstić information content (AvgIpc) is 2.50. The van der Waals surface area contributed by atoms with Crippen LogP contribution in [0.1, 0.15) is 36.4 Å². The Balaban J connectivity index is 2.63. The Morgan fingerprint density at radius 2 is 2.27 bits per heavy atom. The largest absolute Gasteiger partial charge is 0.469 e. The van der Waals surface area contributed by atoms with Crippen molar-refractivity contribution >= 4 is 17.5 Å². The molecule has 0 radical (unpaired) electrons. The van der Waals surface area contributed by atoms with E-state index in [0.29, 0.717) is 11.4 Å². The lowest BCUT2D eigenvalue weighted by Crippen LogP contribution is -2.43. The van der Waals surface area contributed by atoms with Gasteiger partial charge in [0.05, 0.1) is 5.56 Å². The van der Waals surface area contributed by atoms with Crippen LogP contribution in [0.3, 0.4) is 0 Å². The van der Waals surface area contributed by atoms with E-state index >= 15 is 0 Å². The van der Waals surface area contributed by atoms with Crippen molar-refractivity contribution in [1.29, 1.82) is 0 Å². The van der Waals surface area contributed by atoms with E-state index < -0.39 is 0 Å². The first-order valence-electron chi connectivity index (χ1n) is 4.88. The van der Waals surface area contributed by atoms with Crippen molar-refractivity contribution in [3.8, 4) is 0 Å². The zero-order valence-electron chi connectivity index (χ0n) is 9.26. The Morgan fingerprint density at radius 1 is 1.60 bits per heavy atom. The second-order valence-electron chi connectivity index (χ2n) is 4.22. The molecule has 1 heterocycles. The molecule has 0 saturated carbocycles. The fourth-order valence-electron chi connectivity index (χ4n) is 1.24. The van der Waals surface area contributed by atoms with Gasteiger partial charge < -0.3 is 9.73 Å². The van der Waals surface area contributed by atoms with Gasteiger partial charge in [-0.3, -0.25) is 4.79 Å². The summed E-state index contributed by atoms with van der Waals surface area (Å²) >= 11 is 5.65. The molecular formula is C11H16ClNO2. The van der Waals surface area contributed by atoms with Crippen LogP contribution < -0.4 is 5.32 Å². The number of hydrogen-bond donors (Lipinski definition) is 1. The first-order chi connectivity index (χ1) is 6.94. The molecule has 0 aliphatic rings. The maximum atomic E-state index is 11.7. The first kappa shape index (κ1) is 12.1. The van der Waals surface area contributed by atoms with Crippen molar-refractivity contribution in [2.45, 2.75) is 32.7 Å². The van der Waals surface area contributed by atoms with Gasteiger partial charge >= 0.3 is 0 Å². The predicted molar refractivity (Wildman–Crippen MR) is 60.3 cm³/mol. The predicted octanol–water partition coefficient (Wildman–Crippen LogP) is 2.73. The van der Waals surface area contributed by atoms with Gasteiger partial charge in [0.25, 0.3) is 5.91 Å². The van der Waals surface area contributed by atoms with Gasteiger partial charge in [0.15, 0.2) is 0 Å². The normalized spacial score (nSPS) is 11.5. The van der Waals surface area contributed by atoms with E-state index in [9.17, 15) is 4.79 Å². The van der Waals surface area contributed by atoms with E-state index in [2.05, 4.69) is 5.32 Å². The topological polar surface area (TPSA) is 42.2 Å². The summed E-state index contributed by atoms with van der Waals surface area (Å²) in [6, 6.07) is 1.71. The summed E-state index contributed by atoms with van der Waals surface area (Å²) in [5.74, 6) is 1.13. The maximum Gasteiger partial charge on any atom is 0.254 e. The zero-order valence-corrected chi connectivity index (χ0v) is 10.0. The summed E-state index contributed by atoms with van der Waals surface area (Å²) in [5.41, 5.74) is 0.263. The number of aryl methyl sites for hydroxylation is 1. The van der Waals surface area contributed by atoms with Crippen LogP contribution in [0.2, 0.25) is 0 Å². The van der Waals surface area contributed by atoms with Gasteiger partial charge in [-0.15, -0.1) is 11.6 Å². The van der Waals surface area contributed by atoms with E-state index in [4.69, 9.17) is 16.0 Å². The van der Waals surface area contributed by atoms with E-state index in [1.165, 1.54) is 6.26 Å². The monoisotopic (exact) mass is 229 g/mol. The summed E-state index contributed by atoms with van der Waals surface area (Å²) in [7, 11) is 0. The number of rotatable bonds is 4. The number of halogens is 1. The van der Waals surface area contributed by atoms with Crippen LogP contribution in [-0.4, -0.2) is 17.3 Å². The van der Waals surface area contributed by atoms with Crippen LogP contribution in [0.5, 0.6) is 0 Å². The van der Waals surface area contributed by atoms with Crippen molar-refractivity contribution < 1.29 is 9.21 Å². The standard InChI is InChI=1S/C11H16ClNO2/c1-8-6-9(7-15-8)10(14)13-11(2,3)4-5-12/h6-7H,4-5H2,1-3H3,(H,13,14). The highest BCUT2D eigenvalue weighted by atomic mass is 35.5. The van der Waals surface area contributed by atoms with Crippen molar-refractivity contribution in [1.82, 2.24) is 5.32 Å². The molecule has 1 aromatic heterocycles. The minimum Gasteiger partial charge on any atom is -0.469 e. The molecule has 0 aliphatic heterocycles. The summed E-state index contributed by atoms with van der Waals surface area (Å²) in [4.78, 5) is 11.7. The Labute approximate surface area is 94.8 Å². The van der Waals surface area contributed by atoms with Gasteiger partial charge in [-0.05, 0) is 33.3 Å². The lowest BCUT2D eigenvalue weighted by atomic mass is 10.0. The molecule has 0 aliphatic carbocycles. The number of carbonyl (C=O) groups is 1. The Hall–Kier alpha value is -0.960.